The lowest BCUT2D eigenvalue weighted by Crippen LogP contribution is -2.26. The molecule has 0 bridgehead atoms. The van der Waals surface area contributed by atoms with E-state index in [9.17, 15) is 4.79 Å². The van der Waals surface area contributed by atoms with Crippen molar-refractivity contribution in [1.29, 1.82) is 0 Å². The number of fused-ring (bicyclic) bond motifs is 1. The molecule has 0 aliphatic carbocycles. The molecule has 0 aromatic heterocycles. The number of carboxylic acids is 1. The Labute approximate surface area is 104 Å². The van der Waals surface area contributed by atoms with E-state index in [1.807, 2.05) is 0 Å². The third-order valence-electron chi connectivity index (χ3n) is 2.77. The number of halogens is 1. The van der Waals surface area contributed by atoms with Crippen LogP contribution in [-0.2, 0) is 11.2 Å². The molecule has 2 rings (SSSR count). The second-order valence-corrected chi connectivity index (χ2v) is 5.02. The molecule has 0 amide bonds. The first-order chi connectivity index (χ1) is 7.92. The molecule has 1 aliphatic rings. The third-order valence-corrected chi connectivity index (χ3v) is 3.18. The van der Waals surface area contributed by atoms with Crippen molar-refractivity contribution in [3.8, 4) is 11.5 Å². The molecular weight excluding hydrogens is 244 g/mol. The van der Waals surface area contributed by atoms with Gasteiger partial charge >= 0.3 is 5.97 Å². The van der Waals surface area contributed by atoms with Gasteiger partial charge in [-0.15, -0.1) is 0 Å². The molecule has 0 fully saturated rings. The Morgan fingerprint density at radius 3 is 2.82 bits per heavy atom. The lowest BCUT2D eigenvalue weighted by molar-refractivity contribution is -0.146. The van der Waals surface area contributed by atoms with Crippen molar-refractivity contribution in [2.24, 2.45) is 5.41 Å². The van der Waals surface area contributed by atoms with Gasteiger partial charge in [0.05, 0.1) is 10.4 Å². The number of ether oxygens (including phenoxy) is 2. The van der Waals surface area contributed by atoms with Crippen LogP contribution in [0.25, 0.3) is 0 Å². The van der Waals surface area contributed by atoms with Gasteiger partial charge in [0.2, 0.25) is 6.79 Å². The summed E-state index contributed by atoms with van der Waals surface area (Å²) in [6.45, 7) is 3.48. The van der Waals surface area contributed by atoms with E-state index in [0.29, 0.717) is 22.9 Å². The van der Waals surface area contributed by atoms with E-state index in [1.54, 1.807) is 26.0 Å². The Kier molecular flexibility index (Phi) is 2.91. The molecular formula is C12H13ClO4. The van der Waals surface area contributed by atoms with Gasteiger partial charge in [0, 0.05) is 0 Å². The highest BCUT2D eigenvalue weighted by molar-refractivity contribution is 6.33. The van der Waals surface area contributed by atoms with E-state index in [0.717, 1.165) is 5.56 Å². The molecule has 5 heteroatoms. The fourth-order valence-corrected chi connectivity index (χ4v) is 1.94. The second-order valence-electron chi connectivity index (χ2n) is 4.64. The van der Waals surface area contributed by atoms with Gasteiger partial charge < -0.3 is 14.6 Å². The monoisotopic (exact) mass is 256 g/mol. The molecule has 0 radical (unpaired) electrons. The fraction of sp³-hybridized carbons (Fsp3) is 0.417. The lowest BCUT2D eigenvalue weighted by Gasteiger charge is -2.20. The van der Waals surface area contributed by atoms with E-state index in [1.165, 1.54) is 0 Å². The van der Waals surface area contributed by atoms with Crippen LogP contribution in [0.4, 0.5) is 0 Å². The summed E-state index contributed by atoms with van der Waals surface area (Å²) in [6.07, 6.45) is 0.345. The highest BCUT2D eigenvalue weighted by Gasteiger charge is 2.30. The standard InChI is InChI=1S/C12H13ClO4/c1-12(2,11(14)15)5-7-3-4-8-10(9(7)13)17-6-16-8/h3-4H,5-6H2,1-2H3,(H,14,15). The predicted octanol–water partition coefficient (Wildman–Crippen LogP) is 2.72. The van der Waals surface area contributed by atoms with E-state index >= 15 is 0 Å². The maximum absolute atomic E-state index is 11.1. The third kappa shape index (κ3) is 2.17. The first kappa shape index (κ1) is 12.0. The van der Waals surface area contributed by atoms with Crippen molar-refractivity contribution in [3.05, 3.63) is 22.7 Å². The SMILES string of the molecule is CC(C)(Cc1ccc2c(c1Cl)OCO2)C(=O)O. The van der Waals surface area contributed by atoms with Crippen molar-refractivity contribution in [1.82, 2.24) is 0 Å². The molecule has 1 N–H and O–H groups in total. The molecule has 0 unspecified atom stereocenters. The number of hydrogen-bond acceptors (Lipinski definition) is 3. The number of benzene rings is 1. The van der Waals surface area contributed by atoms with Gasteiger partial charge in [-0.3, -0.25) is 4.79 Å². The van der Waals surface area contributed by atoms with Crippen LogP contribution in [0.1, 0.15) is 19.4 Å². The summed E-state index contributed by atoms with van der Waals surface area (Å²) in [5.74, 6) is 0.253. The Balaban J connectivity index is 2.32. The molecule has 92 valence electrons. The average Bonchev–Trinajstić information content (AvgIpc) is 2.70. The van der Waals surface area contributed by atoms with Crippen molar-refractivity contribution in [3.63, 3.8) is 0 Å². The normalized spacial score (nSPS) is 13.8. The molecule has 0 atom stereocenters. The minimum atomic E-state index is -0.864. The summed E-state index contributed by atoms with van der Waals surface area (Å²) in [5.41, 5.74) is -0.111. The maximum Gasteiger partial charge on any atom is 0.309 e. The first-order valence-electron chi connectivity index (χ1n) is 5.22. The highest BCUT2D eigenvalue weighted by Crippen LogP contribution is 2.42. The van der Waals surface area contributed by atoms with E-state index in [4.69, 9.17) is 26.2 Å². The van der Waals surface area contributed by atoms with E-state index in [-0.39, 0.29) is 6.79 Å². The van der Waals surface area contributed by atoms with Crippen LogP contribution in [0.5, 0.6) is 11.5 Å². The average molecular weight is 257 g/mol. The molecule has 17 heavy (non-hydrogen) atoms. The Hall–Kier alpha value is -1.42. The number of rotatable bonds is 3. The summed E-state index contributed by atoms with van der Waals surface area (Å²) in [4.78, 5) is 11.1. The zero-order chi connectivity index (χ0) is 12.6. The highest BCUT2D eigenvalue weighted by atomic mass is 35.5. The first-order valence-corrected chi connectivity index (χ1v) is 5.60. The van der Waals surface area contributed by atoms with Crippen molar-refractivity contribution >= 4 is 17.6 Å². The van der Waals surface area contributed by atoms with Crippen LogP contribution in [-0.4, -0.2) is 17.9 Å². The van der Waals surface area contributed by atoms with E-state index < -0.39 is 11.4 Å². The molecule has 0 spiro atoms. The van der Waals surface area contributed by atoms with Gasteiger partial charge in [0.25, 0.3) is 0 Å². The summed E-state index contributed by atoms with van der Waals surface area (Å²) in [5, 5.41) is 9.53. The smallest absolute Gasteiger partial charge is 0.309 e. The zero-order valence-electron chi connectivity index (χ0n) is 9.62. The van der Waals surface area contributed by atoms with Gasteiger partial charge in [-0.25, -0.2) is 0 Å². The van der Waals surface area contributed by atoms with Gasteiger partial charge in [0.1, 0.15) is 0 Å². The fourth-order valence-electron chi connectivity index (χ4n) is 1.67. The van der Waals surface area contributed by atoms with Gasteiger partial charge in [-0.2, -0.15) is 0 Å². The molecule has 1 aromatic carbocycles. The van der Waals surface area contributed by atoms with Crippen molar-refractivity contribution < 1.29 is 19.4 Å². The zero-order valence-corrected chi connectivity index (χ0v) is 10.4. The van der Waals surface area contributed by atoms with Crippen LogP contribution in [0.3, 0.4) is 0 Å². The summed E-state index contributed by atoms with van der Waals surface area (Å²) in [6, 6.07) is 3.53. The molecule has 0 saturated carbocycles. The van der Waals surface area contributed by atoms with Crippen LogP contribution in [0.2, 0.25) is 5.02 Å². The summed E-state index contributed by atoms with van der Waals surface area (Å²) >= 11 is 6.17. The second kappa shape index (κ2) is 4.11. The molecule has 1 heterocycles. The van der Waals surface area contributed by atoms with Gasteiger partial charge in [-0.05, 0) is 31.9 Å². The minimum absolute atomic E-state index is 0.154. The maximum atomic E-state index is 11.1. The lowest BCUT2D eigenvalue weighted by atomic mass is 9.86. The number of carboxylic acid groups (broad SMARTS) is 1. The van der Waals surface area contributed by atoms with Gasteiger partial charge in [-0.1, -0.05) is 17.7 Å². The number of hydrogen-bond donors (Lipinski definition) is 1. The largest absolute Gasteiger partial charge is 0.481 e. The van der Waals surface area contributed by atoms with Crippen LogP contribution >= 0.6 is 11.6 Å². The van der Waals surface area contributed by atoms with E-state index in [2.05, 4.69) is 0 Å². The summed E-state index contributed by atoms with van der Waals surface area (Å²) in [7, 11) is 0. The topological polar surface area (TPSA) is 55.8 Å². The van der Waals surface area contributed by atoms with Crippen molar-refractivity contribution in [2.45, 2.75) is 20.3 Å². The molecule has 4 nitrogen and oxygen atoms in total. The minimum Gasteiger partial charge on any atom is -0.481 e. The molecule has 1 aromatic rings. The molecule has 1 aliphatic heterocycles. The molecule has 0 saturated heterocycles. The van der Waals surface area contributed by atoms with Crippen LogP contribution < -0.4 is 9.47 Å². The van der Waals surface area contributed by atoms with Gasteiger partial charge in [0.15, 0.2) is 11.5 Å². The quantitative estimate of drug-likeness (QED) is 0.903. The van der Waals surface area contributed by atoms with Crippen molar-refractivity contribution in [2.75, 3.05) is 6.79 Å². The Bertz CT molecular complexity index is 468. The Morgan fingerprint density at radius 2 is 2.18 bits per heavy atom. The summed E-state index contributed by atoms with van der Waals surface area (Å²) < 4.78 is 10.4. The predicted molar refractivity (Wildman–Crippen MR) is 62.7 cm³/mol. The van der Waals surface area contributed by atoms with Crippen LogP contribution in [0.15, 0.2) is 12.1 Å². The number of carbonyl (C=O) groups is 1. The number of aliphatic carboxylic acids is 1. The van der Waals surface area contributed by atoms with Crippen LogP contribution in [0, 0.1) is 5.41 Å². The Morgan fingerprint density at radius 1 is 1.47 bits per heavy atom.